The Morgan fingerprint density at radius 1 is 0.852 bits per heavy atom. The molecular formula is C21H22F2N2O2. The minimum absolute atomic E-state index is 0.000634. The highest BCUT2D eigenvalue weighted by Crippen LogP contribution is 2.13. The smallest absolute Gasteiger partial charge is 0.254 e. The van der Waals surface area contributed by atoms with Crippen LogP contribution in [0.15, 0.2) is 48.5 Å². The molecule has 2 aromatic carbocycles. The topological polar surface area (TPSA) is 40.6 Å². The van der Waals surface area contributed by atoms with E-state index in [0.717, 1.165) is 5.56 Å². The van der Waals surface area contributed by atoms with Gasteiger partial charge in [0.25, 0.3) is 5.91 Å². The Bertz CT molecular complexity index is 825. The minimum Gasteiger partial charge on any atom is -0.341 e. The summed E-state index contributed by atoms with van der Waals surface area (Å²) in [5, 5.41) is 0. The molecule has 142 valence electrons. The van der Waals surface area contributed by atoms with Crippen molar-refractivity contribution in [1.82, 2.24) is 9.80 Å². The zero-order valence-corrected chi connectivity index (χ0v) is 15.0. The Labute approximate surface area is 157 Å². The summed E-state index contributed by atoms with van der Waals surface area (Å²) in [6.07, 6.45) is 1.47. The molecule has 0 N–H and O–H groups in total. The van der Waals surface area contributed by atoms with E-state index in [1.54, 1.807) is 28.0 Å². The molecule has 0 aromatic heterocycles. The Hall–Kier alpha value is -2.76. The second-order valence-electron chi connectivity index (χ2n) is 6.67. The van der Waals surface area contributed by atoms with Gasteiger partial charge in [0.1, 0.15) is 11.6 Å². The largest absolute Gasteiger partial charge is 0.341 e. The molecule has 6 heteroatoms. The van der Waals surface area contributed by atoms with Crippen LogP contribution in [0.3, 0.4) is 0 Å². The van der Waals surface area contributed by atoms with Crippen LogP contribution in [0.2, 0.25) is 0 Å². The van der Waals surface area contributed by atoms with E-state index >= 15 is 0 Å². The predicted octanol–water partition coefficient (Wildman–Crippen LogP) is 3.27. The number of rotatable bonds is 4. The highest BCUT2D eigenvalue weighted by Gasteiger charge is 2.22. The molecule has 0 spiro atoms. The average Bonchev–Trinajstić information content (AvgIpc) is 2.92. The lowest BCUT2D eigenvalue weighted by atomic mass is 10.1. The average molecular weight is 372 g/mol. The predicted molar refractivity (Wildman–Crippen MR) is 98.2 cm³/mol. The lowest BCUT2D eigenvalue weighted by molar-refractivity contribution is -0.131. The molecule has 0 bridgehead atoms. The van der Waals surface area contributed by atoms with Crippen LogP contribution >= 0.6 is 0 Å². The molecular weight excluding hydrogens is 350 g/mol. The number of hydrogen-bond acceptors (Lipinski definition) is 2. The van der Waals surface area contributed by atoms with Crippen LogP contribution in [0.5, 0.6) is 0 Å². The minimum atomic E-state index is -0.440. The van der Waals surface area contributed by atoms with Crippen molar-refractivity contribution in [2.75, 3.05) is 26.2 Å². The van der Waals surface area contributed by atoms with Gasteiger partial charge in [-0.05, 0) is 48.7 Å². The van der Waals surface area contributed by atoms with Crippen molar-refractivity contribution < 1.29 is 18.4 Å². The molecule has 0 aliphatic carbocycles. The van der Waals surface area contributed by atoms with Gasteiger partial charge in [-0.1, -0.05) is 18.2 Å². The zero-order chi connectivity index (χ0) is 19.2. The fourth-order valence-corrected chi connectivity index (χ4v) is 3.28. The first-order valence-corrected chi connectivity index (χ1v) is 9.10. The van der Waals surface area contributed by atoms with Crippen molar-refractivity contribution in [3.05, 3.63) is 71.3 Å². The van der Waals surface area contributed by atoms with Gasteiger partial charge in [0, 0.05) is 38.2 Å². The summed E-state index contributed by atoms with van der Waals surface area (Å²) in [7, 11) is 0. The number of benzene rings is 2. The van der Waals surface area contributed by atoms with E-state index in [2.05, 4.69) is 0 Å². The number of aryl methyl sites for hydroxylation is 1. The molecule has 2 amide bonds. The maximum Gasteiger partial charge on any atom is 0.254 e. The summed E-state index contributed by atoms with van der Waals surface area (Å²) >= 11 is 0. The first-order chi connectivity index (χ1) is 13.0. The third-order valence-corrected chi connectivity index (χ3v) is 4.72. The summed E-state index contributed by atoms with van der Waals surface area (Å²) in [4.78, 5) is 28.4. The molecule has 1 saturated heterocycles. The Morgan fingerprint density at radius 3 is 2.26 bits per heavy atom. The van der Waals surface area contributed by atoms with Crippen molar-refractivity contribution in [2.45, 2.75) is 19.3 Å². The molecule has 27 heavy (non-hydrogen) atoms. The number of carbonyl (C=O) groups excluding carboxylic acids is 2. The van der Waals surface area contributed by atoms with Crippen molar-refractivity contribution in [2.24, 2.45) is 0 Å². The number of hydrogen-bond donors (Lipinski definition) is 0. The number of halogens is 2. The van der Waals surface area contributed by atoms with Crippen LogP contribution < -0.4 is 0 Å². The third-order valence-electron chi connectivity index (χ3n) is 4.72. The van der Waals surface area contributed by atoms with Gasteiger partial charge in [0.05, 0.1) is 0 Å². The summed E-state index contributed by atoms with van der Waals surface area (Å²) in [5.41, 5.74) is 1.11. The summed E-state index contributed by atoms with van der Waals surface area (Å²) in [6, 6.07) is 11.9. The first kappa shape index (κ1) is 19.0. The monoisotopic (exact) mass is 372 g/mol. The van der Waals surface area contributed by atoms with Gasteiger partial charge in [-0.3, -0.25) is 9.59 Å². The molecule has 0 radical (unpaired) electrons. The van der Waals surface area contributed by atoms with Crippen LogP contribution in [-0.2, 0) is 11.2 Å². The maximum atomic E-state index is 13.3. The van der Waals surface area contributed by atoms with Gasteiger partial charge in [-0.25, -0.2) is 8.78 Å². The van der Waals surface area contributed by atoms with E-state index in [0.29, 0.717) is 51.0 Å². The van der Waals surface area contributed by atoms with E-state index < -0.39 is 5.82 Å². The highest BCUT2D eigenvalue weighted by atomic mass is 19.1. The molecule has 3 rings (SSSR count). The molecule has 0 unspecified atom stereocenters. The van der Waals surface area contributed by atoms with E-state index in [-0.39, 0.29) is 17.6 Å². The molecule has 0 atom stereocenters. The summed E-state index contributed by atoms with van der Waals surface area (Å²) < 4.78 is 26.6. The van der Waals surface area contributed by atoms with Crippen LogP contribution in [-0.4, -0.2) is 47.8 Å². The molecule has 1 aliphatic rings. The lowest BCUT2D eigenvalue weighted by Crippen LogP contribution is -2.37. The van der Waals surface area contributed by atoms with Gasteiger partial charge in [0.15, 0.2) is 0 Å². The van der Waals surface area contributed by atoms with Gasteiger partial charge < -0.3 is 9.80 Å². The van der Waals surface area contributed by atoms with Crippen molar-refractivity contribution in [3.63, 3.8) is 0 Å². The second kappa shape index (κ2) is 8.75. The van der Waals surface area contributed by atoms with Gasteiger partial charge in [-0.2, -0.15) is 0 Å². The standard InChI is InChI=1S/C21H22F2N2O2/c22-18-6-1-4-16(14-18)8-9-20(26)24-10-3-11-25(13-12-24)21(27)17-5-2-7-19(23)15-17/h1-2,4-7,14-15H,3,8-13H2. The SMILES string of the molecule is O=C(CCc1cccc(F)c1)N1CCCN(C(=O)c2cccc(F)c2)CC1. The quantitative estimate of drug-likeness (QED) is 0.827. The van der Waals surface area contributed by atoms with Gasteiger partial charge >= 0.3 is 0 Å². The Morgan fingerprint density at radius 2 is 1.52 bits per heavy atom. The fourth-order valence-electron chi connectivity index (χ4n) is 3.28. The number of amides is 2. The van der Waals surface area contributed by atoms with Gasteiger partial charge in [0.2, 0.25) is 5.91 Å². The van der Waals surface area contributed by atoms with Crippen LogP contribution in [0.1, 0.15) is 28.8 Å². The van der Waals surface area contributed by atoms with Crippen LogP contribution in [0, 0.1) is 11.6 Å². The molecule has 1 fully saturated rings. The maximum absolute atomic E-state index is 13.3. The number of carbonyl (C=O) groups is 2. The van der Waals surface area contributed by atoms with Crippen molar-refractivity contribution in [3.8, 4) is 0 Å². The molecule has 0 saturated carbocycles. The molecule has 1 heterocycles. The lowest BCUT2D eigenvalue weighted by Gasteiger charge is -2.22. The second-order valence-corrected chi connectivity index (χ2v) is 6.67. The number of nitrogens with zero attached hydrogens (tertiary/aromatic N) is 2. The highest BCUT2D eigenvalue weighted by molar-refractivity contribution is 5.94. The first-order valence-electron chi connectivity index (χ1n) is 9.10. The summed E-state index contributed by atoms with van der Waals surface area (Å²) in [6.45, 7) is 1.97. The third kappa shape index (κ3) is 5.12. The van der Waals surface area contributed by atoms with E-state index in [1.165, 1.54) is 30.3 Å². The molecule has 2 aromatic rings. The van der Waals surface area contributed by atoms with E-state index in [9.17, 15) is 18.4 Å². The normalized spacial score (nSPS) is 14.7. The summed E-state index contributed by atoms with van der Waals surface area (Å²) in [5.74, 6) is -0.964. The van der Waals surface area contributed by atoms with Crippen molar-refractivity contribution in [1.29, 1.82) is 0 Å². The fraction of sp³-hybridized carbons (Fsp3) is 0.333. The molecule has 4 nitrogen and oxygen atoms in total. The Kier molecular flexibility index (Phi) is 6.16. The van der Waals surface area contributed by atoms with E-state index in [4.69, 9.17) is 0 Å². The van der Waals surface area contributed by atoms with Crippen molar-refractivity contribution >= 4 is 11.8 Å². The zero-order valence-electron chi connectivity index (χ0n) is 15.0. The Balaban J connectivity index is 1.54. The van der Waals surface area contributed by atoms with E-state index in [1.807, 2.05) is 0 Å². The van der Waals surface area contributed by atoms with Gasteiger partial charge in [-0.15, -0.1) is 0 Å². The van der Waals surface area contributed by atoms with Crippen LogP contribution in [0.25, 0.3) is 0 Å². The van der Waals surface area contributed by atoms with Crippen LogP contribution in [0.4, 0.5) is 8.78 Å². The molecule has 1 aliphatic heterocycles.